The molecule has 0 saturated heterocycles. The first kappa shape index (κ1) is 26.1. The zero-order valence-corrected chi connectivity index (χ0v) is 25.4. The molecule has 0 saturated carbocycles. The van der Waals surface area contributed by atoms with Crippen molar-refractivity contribution >= 4 is 65.6 Å². The highest BCUT2D eigenvalue weighted by molar-refractivity contribution is 8.00. The van der Waals surface area contributed by atoms with Crippen molar-refractivity contribution < 1.29 is 0 Å². The summed E-state index contributed by atoms with van der Waals surface area (Å²) in [4.78, 5) is 2.58. The lowest BCUT2D eigenvalue weighted by atomic mass is 9.87. The summed E-state index contributed by atoms with van der Waals surface area (Å²) in [6, 6.07) is 62.2. The standard InChI is InChI=1S/C44H28S/c1-2-14-31-28-32(25-24-29(31)12-1)33-26-27-39(36-18-6-5-17-35(33)36)43-37-19-7-9-21-40(37)44(41-22-10-8-20-38(41)43)45-42-23-11-15-30-13-3-4-16-34(30)42/h1-28H. The Kier molecular flexibility index (Phi) is 6.18. The lowest BCUT2D eigenvalue weighted by Crippen LogP contribution is -1.92. The van der Waals surface area contributed by atoms with E-state index >= 15 is 0 Å². The second kappa shape index (κ2) is 10.7. The van der Waals surface area contributed by atoms with Crippen LogP contribution in [-0.4, -0.2) is 0 Å². The van der Waals surface area contributed by atoms with Crippen molar-refractivity contribution in [3.8, 4) is 22.3 Å². The average molecular weight is 589 g/mol. The predicted octanol–water partition coefficient (Wildman–Crippen LogP) is 12.9. The summed E-state index contributed by atoms with van der Waals surface area (Å²) in [5.41, 5.74) is 5.07. The highest BCUT2D eigenvalue weighted by atomic mass is 32.2. The average Bonchev–Trinajstić information content (AvgIpc) is 3.11. The van der Waals surface area contributed by atoms with Gasteiger partial charge in [0.15, 0.2) is 0 Å². The van der Waals surface area contributed by atoms with Gasteiger partial charge >= 0.3 is 0 Å². The molecule has 1 heteroatoms. The number of fused-ring (bicyclic) bond motifs is 5. The third-order valence-electron chi connectivity index (χ3n) is 9.10. The van der Waals surface area contributed by atoms with Crippen molar-refractivity contribution in [1.82, 2.24) is 0 Å². The zero-order valence-electron chi connectivity index (χ0n) is 24.6. The molecular formula is C44H28S. The van der Waals surface area contributed by atoms with Gasteiger partial charge < -0.3 is 0 Å². The molecule has 0 nitrogen and oxygen atoms in total. The first-order chi connectivity index (χ1) is 22.3. The van der Waals surface area contributed by atoms with Gasteiger partial charge in [-0.15, -0.1) is 0 Å². The van der Waals surface area contributed by atoms with E-state index in [1.165, 1.54) is 85.9 Å². The minimum absolute atomic E-state index is 1.24. The summed E-state index contributed by atoms with van der Waals surface area (Å²) in [5, 5.41) is 12.8. The summed E-state index contributed by atoms with van der Waals surface area (Å²) in [5.74, 6) is 0. The third-order valence-corrected chi connectivity index (χ3v) is 10.3. The van der Waals surface area contributed by atoms with Gasteiger partial charge in [0.05, 0.1) is 0 Å². The molecule has 0 atom stereocenters. The number of benzene rings is 9. The van der Waals surface area contributed by atoms with Crippen LogP contribution in [0.5, 0.6) is 0 Å². The molecule has 0 aliphatic carbocycles. The zero-order chi connectivity index (χ0) is 29.7. The van der Waals surface area contributed by atoms with Crippen molar-refractivity contribution in [1.29, 1.82) is 0 Å². The van der Waals surface area contributed by atoms with E-state index in [4.69, 9.17) is 0 Å². The first-order valence-corrected chi connectivity index (χ1v) is 16.3. The minimum Gasteiger partial charge on any atom is -0.0881 e. The summed E-state index contributed by atoms with van der Waals surface area (Å²) < 4.78 is 0. The molecule has 9 rings (SSSR count). The fraction of sp³-hybridized carbons (Fsp3) is 0. The number of hydrogen-bond donors (Lipinski definition) is 0. The second-order valence-electron chi connectivity index (χ2n) is 11.6. The first-order valence-electron chi connectivity index (χ1n) is 15.4. The van der Waals surface area contributed by atoms with E-state index in [0.29, 0.717) is 0 Å². The Labute approximate surface area is 266 Å². The van der Waals surface area contributed by atoms with E-state index < -0.39 is 0 Å². The van der Waals surface area contributed by atoms with Gasteiger partial charge in [0.25, 0.3) is 0 Å². The molecule has 0 aliphatic heterocycles. The Hall–Kier alpha value is -5.37. The molecule has 0 amide bonds. The van der Waals surface area contributed by atoms with Crippen LogP contribution in [0.15, 0.2) is 180 Å². The number of hydrogen-bond acceptors (Lipinski definition) is 1. The van der Waals surface area contributed by atoms with Crippen molar-refractivity contribution in [3.63, 3.8) is 0 Å². The molecule has 9 aromatic carbocycles. The Balaban J connectivity index is 1.30. The molecule has 9 aromatic rings. The van der Waals surface area contributed by atoms with Gasteiger partial charge in [-0.05, 0) is 88.2 Å². The van der Waals surface area contributed by atoms with Crippen molar-refractivity contribution in [2.75, 3.05) is 0 Å². The summed E-state index contributed by atoms with van der Waals surface area (Å²) in [6.07, 6.45) is 0. The summed E-state index contributed by atoms with van der Waals surface area (Å²) >= 11 is 1.88. The summed E-state index contributed by atoms with van der Waals surface area (Å²) in [7, 11) is 0. The van der Waals surface area contributed by atoms with Crippen LogP contribution in [0, 0.1) is 0 Å². The van der Waals surface area contributed by atoms with Gasteiger partial charge in [0.1, 0.15) is 0 Å². The molecule has 45 heavy (non-hydrogen) atoms. The maximum absolute atomic E-state index is 2.35. The van der Waals surface area contributed by atoms with E-state index in [2.05, 4.69) is 170 Å². The Morgan fingerprint density at radius 1 is 0.311 bits per heavy atom. The Morgan fingerprint density at radius 2 is 0.822 bits per heavy atom. The SMILES string of the molecule is c1ccc2cc(-c3ccc(-c4c5ccccc5c(Sc5cccc6ccccc56)c5ccccc45)c4ccccc34)ccc2c1. The quantitative estimate of drug-likeness (QED) is 0.184. The van der Waals surface area contributed by atoms with E-state index in [0.717, 1.165) is 0 Å². The Morgan fingerprint density at radius 3 is 1.53 bits per heavy atom. The smallest absolute Gasteiger partial charge is 0.0279 e. The fourth-order valence-electron chi connectivity index (χ4n) is 7.01. The maximum atomic E-state index is 2.35. The summed E-state index contributed by atoms with van der Waals surface area (Å²) in [6.45, 7) is 0. The Bertz CT molecular complexity index is 2510. The topological polar surface area (TPSA) is 0 Å². The molecular weight excluding hydrogens is 561 g/mol. The van der Waals surface area contributed by atoms with E-state index in [9.17, 15) is 0 Å². The monoisotopic (exact) mass is 588 g/mol. The van der Waals surface area contributed by atoms with Crippen LogP contribution >= 0.6 is 11.8 Å². The van der Waals surface area contributed by atoms with Gasteiger partial charge in [0, 0.05) is 9.79 Å². The third kappa shape index (κ3) is 4.31. The lowest BCUT2D eigenvalue weighted by molar-refractivity contribution is 1.52. The van der Waals surface area contributed by atoms with Crippen LogP contribution < -0.4 is 0 Å². The molecule has 0 bridgehead atoms. The molecule has 0 unspecified atom stereocenters. The van der Waals surface area contributed by atoms with Crippen LogP contribution in [0.1, 0.15) is 0 Å². The van der Waals surface area contributed by atoms with Crippen molar-refractivity contribution in [2.24, 2.45) is 0 Å². The molecule has 0 spiro atoms. The predicted molar refractivity (Wildman–Crippen MR) is 195 cm³/mol. The minimum atomic E-state index is 1.24. The van der Waals surface area contributed by atoms with Gasteiger partial charge in [0.2, 0.25) is 0 Å². The van der Waals surface area contributed by atoms with Gasteiger partial charge in [-0.3, -0.25) is 0 Å². The molecule has 210 valence electrons. The van der Waals surface area contributed by atoms with Gasteiger partial charge in [-0.2, -0.15) is 0 Å². The van der Waals surface area contributed by atoms with Gasteiger partial charge in [-0.25, -0.2) is 0 Å². The maximum Gasteiger partial charge on any atom is 0.0279 e. The molecule has 0 N–H and O–H groups in total. The van der Waals surface area contributed by atoms with Gasteiger partial charge in [-0.1, -0.05) is 169 Å². The second-order valence-corrected chi connectivity index (χ2v) is 12.7. The molecule has 0 heterocycles. The lowest BCUT2D eigenvalue weighted by Gasteiger charge is -2.19. The number of rotatable bonds is 4. The molecule has 0 aliphatic rings. The highest BCUT2D eigenvalue weighted by Crippen LogP contribution is 2.48. The van der Waals surface area contributed by atoms with Crippen LogP contribution in [0.3, 0.4) is 0 Å². The highest BCUT2D eigenvalue weighted by Gasteiger charge is 2.19. The normalized spacial score (nSPS) is 11.6. The molecule has 0 fully saturated rings. The molecule has 0 radical (unpaired) electrons. The molecule has 0 aromatic heterocycles. The van der Waals surface area contributed by atoms with Crippen LogP contribution in [0.2, 0.25) is 0 Å². The van der Waals surface area contributed by atoms with Crippen LogP contribution in [0.4, 0.5) is 0 Å². The van der Waals surface area contributed by atoms with E-state index in [-0.39, 0.29) is 0 Å². The van der Waals surface area contributed by atoms with Crippen molar-refractivity contribution in [3.05, 3.63) is 170 Å². The fourth-order valence-corrected chi connectivity index (χ4v) is 8.25. The van der Waals surface area contributed by atoms with Crippen LogP contribution in [-0.2, 0) is 0 Å². The van der Waals surface area contributed by atoms with E-state index in [1.54, 1.807) is 0 Å². The van der Waals surface area contributed by atoms with E-state index in [1.807, 2.05) is 11.8 Å². The van der Waals surface area contributed by atoms with Crippen LogP contribution in [0.25, 0.3) is 76.1 Å². The van der Waals surface area contributed by atoms with Crippen molar-refractivity contribution in [2.45, 2.75) is 9.79 Å². The largest absolute Gasteiger partial charge is 0.0881 e.